The number of halogens is 3. The van der Waals surface area contributed by atoms with Gasteiger partial charge in [-0.3, -0.25) is 9.69 Å². The lowest BCUT2D eigenvalue weighted by atomic mass is 10.2. The number of benzene rings is 1. The van der Waals surface area contributed by atoms with Gasteiger partial charge in [0, 0.05) is 26.2 Å². The maximum absolute atomic E-state index is 12.5. The van der Waals surface area contributed by atoms with Crippen LogP contribution in [0.3, 0.4) is 0 Å². The predicted molar refractivity (Wildman–Crippen MR) is 85.3 cm³/mol. The summed E-state index contributed by atoms with van der Waals surface area (Å²) in [6, 6.07) is 7.25. The lowest BCUT2D eigenvalue weighted by Crippen LogP contribution is -2.55. The maximum atomic E-state index is 12.5. The molecule has 1 aromatic rings. The monoisotopic (exact) mass is 379 g/mol. The Morgan fingerprint density at radius 2 is 1.72 bits per heavy atom. The molecular weight excluding hydrogens is 359 g/mol. The molecule has 1 aliphatic rings. The highest BCUT2D eigenvalue weighted by Gasteiger charge is 2.33. The zero-order valence-corrected chi connectivity index (χ0v) is 14.5. The van der Waals surface area contributed by atoms with E-state index >= 15 is 0 Å². The molecule has 25 heavy (non-hydrogen) atoms. The van der Waals surface area contributed by atoms with Crippen molar-refractivity contribution in [2.24, 2.45) is 0 Å². The van der Waals surface area contributed by atoms with Crippen molar-refractivity contribution in [1.29, 1.82) is 0 Å². The maximum Gasteiger partial charge on any atom is 0.405 e. The summed E-state index contributed by atoms with van der Waals surface area (Å²) >= 11 is 0. The number of nitrogens with zero attached hydrogens (tertiary/aromatic N) is 2. The third-order valence-electron chi connectivity index (χ3n) is 4.04. The topological polar surface area (TPSA) is 69.7 Å². The second-order valence-corrected chi connectivity index (χ2v) is 7.70. The summed E-state index contributed by atoms with van der Waals surface area (Å²) in [6.45, 7) is 1.02. The van der Waals surface area contributed by atoms with Crippen molar-refractivity contribution < 1.29 is 26.4 Å². The number of carbonyl (C=O) groups excluding carboxylic acids is 1. The molecule has 140 valence electrons. The van der Waals surface area contributed by atoms with Gasteiger partial charge in [-0.25, -0.2) is 8.42 Å². The van der Waals surface area contributed by atoms with Crippen molar-refractivity contribution in [2.45, 2.75) is 24.0 Å². The summed E-state index contributed by atoms with van der Waals surface area (Å²) in [5.41, 5.74) is 0. The van der Waals surface area contributed by atoms with Crippen LogP contribution < -0.4 is 5.32 Å². The molecule has 1 aromatic carbocycles. The number of sulfonamides is 1. The number of rotatable bonds is 5. The van der Waals surface area contributed by atoms with Crippen molar-refractivity contribution in [1.82, 2.24) is 14.5 Å². The van der Waals surface area contributed by atoms with E-state index in [9.17, 15) is 26.4 Å². The molecule has 6 nitrogen and oxygen atoms in total. The summed E-state index contributed by atoms with van der Waals surface area (Å²) in [5.74, 6) is -0.725. The van der Waals surface area contributed by atoms with Crippen LogP contribution >= 0.6 is 0 Å². The Morgan fingerprint density at radius 3 is 2.24 bits per heavy atom. The normalized spacial score (nSPS) is 18.7. The molecule has 1 heterocycles. The molecule has 1 saturated heterocycles. The van der Waals surface area contributed by atoms with Gasteiger partial charge in [0.05, 0.1) is 10.9 Å². The number of piperazine rings is 1. The first kappa shape index (κ1) is 19.7. The van der Waals surface area contributed by atoms with E-state index in [2.05, 4.69) is 0 Å². The van der Waals surface area contributed by atoms with E-state index in [-0.39, 0.29) is 31.1 Å². The van der Waals surface area contributed by atoms with Crippen LogP contribution in [0, 0.1) is 0 Å². The average Bonchev–Trinajstić information content (AvgIpc) is 2.59. The predicted octanol–water partition coefficient (Wildman–Crippen LogP) is 1.06. The van der Waals surface area contributed by atoms with Crippen LogP contribution in [-0.2, 0) is 14.8 Å². The van der Waals surface area contributed by atoms with Gasteiger partial charge in [0.1, 0.15) is 6.54 Å². The van der Waals surface area contributed by atoms with Gasteiger partial charge in [-0.2, -0.15) is 17.5 Å². The summed E-state index contributed by atoms with van der Waals surface area (Å²) < 4.78 is 62.8. The highest BCUT2D eigenvalue weighted by molar-refractivity contribution is 7.89. The Labute approximate surface area is 144 Å². The largest absolute Gasteiger partial charge is 0.405 e. The van der Waals surface area contributed by atoms with E-state index in [1.54, 1.807) is 23.1 Å². The average molecular weight is 379 g/mol. The van der Waals surface area contributed by atoms with Gasteiger partial charge < -0.3 is 5.32 Å². The van der Waals surface area contributed by atoms with E-state index < -0.39 is 34.7 Å². The molecule has 1 aliphatic heterocycles. The van der Waals surface area contributed by atoms with Crippen molar-refractivity contribution >= 4 is 15.9 Å². The molecule has 0 saturated carbocycles. The SMILES string of the molecule is CC(C(=O)NCC(F)(F)F)N1CCN(S(=O)(=O)c2ccccc2)CC1. The summed E-state index contributed by atoms with van der Waals surface area (Å²) in [7, 11) is -3.60. The van der Waals surface area contributed by atoms with Crippen LogP contribution in [-0.4, -0.2) is 68.5 Å². The minimum Gasteiger partial charge on any atom is -0.346 e. The lowest BCUT2D eigenvalue weighted by Gasteiger charge is -2.36. The van der Waals surface area contributed by atoms with E-state index in [4.69, 9.17) is 0 Å². The van der Waals surface area contributed by atoms with E-state index in [1.807, 2.05) is 5.32 Å². The fourth-order valence-corrected chi connectivity index (χ4v) is 4.02. The standard InChI is InChI=1S/C15H20F3N3O3S/c1-12(14(22)19-11-15(16,17)18)20-7-9-21(10-8-20)25(23,24)13-5-3-2-4-6-13/h2-6,12H,7-11H2,1H3,(H,19,22). The number of nitrogens with one attached hydrogen (secondary N) is 1. The van der Waals surface area contributed by atoms with Crippen LogP contribution in [0.2, 0.25) is 0 Å². The highest BCUT2D eigenvalue weighted by atomic mass is 32.2. The van der Waals surface area contributed by atoms with Crippen LogP contribution in [0.4, 0.5) is 13.2 Å². The van der Waals surface area contributed by atoms with Gasteiger partial charge in [0.2, 0.25) is 15.9 Å². The number of hydrogen-bond acceptors (Lipinski definition) is 4. The molecule has 1 fully saturated rings. The summed E-state index contributed by atoms with van der Waals surface area (Å²) in [4.78, 5) is 13.7. The molecular formula is C15H20F3N3O3S. The Morgan fingerprint density at radius 1 is 1.16 bits per heavy atom. The van der Waals surface area contributed by atoms with Gasteiger partial charge in [0.15, 0.2) is 0 Å². The molecule has 0 spiro atoms. The first-order valence-corrected chi connectivity index (χ1v) is 9.19. The number of alkyl halides is 3. The third-order valence-corrected chi connectivity index (χ3v) is 5.96. The minimum absolute atomic E-state index is 0.175. The quantitative estimate of drug-likeness (QED) is 0.831. The Bertz CT molecular complexity index is 687. The molecule has 1 atom stereocenters. The highest BCUT2D eigenvalue weighted by Crippen LogP contribution is 2.18. The van der Waals surface area contributed by atoms with Gasteiger partial charge in [0.25, 0.3) is 0 Å². The third kappa shape index (κ3) is 5.16. The van der Waals surface area contributed by atoms with Gasteiger partial charge in [-0.1, -0.05) is 18.2 Å². The smallest absolute Gasteiger partial charge is 0.346 e. The van der Waals surface area contributed by atoms with Gasteiger partial charge in [-0.05, 0) is 19.1 Å². The molecule has 0 radical (unpaired) electrons. The van der Waals surface area contributed by atoms with E-state index in [0.717, 1.165) is 0 Å². The zero-order chi connectivity index (χ0) is 18.7. The second kappa shape index (κ2) is 7.71. The number of carbonyl (C=O) groups is 1. The zero-order valence-electron chi connectivity index (χ0n) is 13.7. The van der Waals surface area contributed by atoms with Crippen molar-refractivity contribution in [3.05, 3.63) is 30.3 Å². The van der Waals surface area contributed by atoms with Gasteiger partial charge in [-0.15, -0.1) is 0 Å². The molecule has 0 aromatic heterocycles. The van der Waals surface area contributed by atoms with Crippen LogP contribution in [0.25, 0.3) is 0 Å². The van der Waals surface area contributed by atoms with Crippen LogP contribution in [0.1, 0.15) is 6.92 Å². The first-order valence-electron chi connectivity index (χ1n) is 7.75. The molecule has 1 amide bonds. The van der Waals surface area contributed by atoms with Crippen molar-refractivity contribution in [3.63, 3.8) is 0 Å². The Hall–Kier alpha value is -1.65. The van der Waals surface area contributed by atoms with E-state index in [0.29, 0.717) is 0 Å². The second-order valence-electron chi connectivity index (χ2n) is 5.76. The summed E-state index contributed by atoms with van der Waals surface area (Å²) in [5, 5.41) is 1.85. The van der Waals surface area contributed by atoms with Crippen LogP contribution in [0.15, 0.2) is 35.2 Å². The van der Waals surface area contributed by atoms with Crippen molar-refractivity contribution in [3.8, 4) is 0 Å². The first-order chi connectivity index (χ1) is 11.6. The summed E-state index contributed by atoms with van der Waals surface area (Å²) in [6.07, 6.45) is -4.46. The Kier molecular flexibility index (Phi) is 6.07. The molecule has 10 heteroatoms. The molecule has 2 rings (SSSR count). The van der Waals surface area contributed by atoms with Crippen LogP contribution in [0.5, 0.6) is 0 Å². The molecule has 1 N–H and O–H groups in total. The van der Waals surface area contributed by atoms with Crippen molar-refractivity contribution in [2.75, 3.05) is 32.7 Å². The fourth-order valence-electron chi connectivity index (χ4n) is 2.57. The molecule has 1 unspecified atom stereocenters. The minimum atomic E-state index is -4.46. The van der Waals surface area contributed by atoms with E-state index in [1.165, 1.54) is 23.4 Å². The number of hydrogen-bond donors (Lipinski definition) is 1. The van der Waals surface area contributed by atoms with Gasteiger partial charge >= 0.3 is 6.18 Å². The Balaban J connectivity index is 1.92. The molecule has 0 bridgehead atoms. The number of amides is 1. The fraction of sp³-hybridized carbons (Fsp3) is 0.533. The molecule has 0 aliphatic carbocycles. The lowest BCUT2D eigenvalue weighted by molar-refractivity contribution is -0.141.